The van der Waals surface area contributed by atoms with E-state index < -0.39 is 0 Å². The molecule has 0 bridgehead atoms. The van der Waals surface area contributed by atoms with Crippen molar-refractivity contribution in [3.8, 4) is 0 Å². The minimum absolute atomic E-state index is 0.339. The van der Waals surface area contributed by atoms with Gasteiger partial charge in [0.05, 0.1) is 5.76 Å². The van der Waals surface area contributed by atoms with Gasteiger partial charge in [0.15, 0.2) is 0 Å². The van der Waals surface area contributed by atoms with Crippen LogP contribution < -0.4 is 0 Å². The summed E-state index contributed by atoms with van der Waals surface area (Å²) in [4.78, 5) is 0. The van der Waals surface area contributed by atoms with Crippen molar-refractivity contribution in [1.29, 1.82) is 0 Å². The van der Waals surface area contributed by atoms with Crippen LogP contribution in [0.1, 0.15) is 58.8 Å². The molecule has 13 heavy (non-hydrogen) atoms. The molecule has 0 saturated heterocycles. The van der Waals surface area contributed by atoms with E-state index >= 15 is 0 Å². The molecule has 1 aliphatic carbocycles. The summed E-state index contributed by atoms with van der Waals surface area (Å²) in [6.45, 7) is 4.47. The Labute approximate surface area is 81.9 Å². The van der Waals surface area contributed by atoms with Crippen molar-refractivity contribution in [2.75, 3.05) is 0 Å². The van der Waals surface area contributed by atoms with Crippen molar-refractivity contribution in [2.24, 2.45) is 5.41 Å². The van der Waals surface area contributed by atoms with Crippen LogP contribution in [0.2, 0.25) is 0 Å². The minimum Gasteiger partial charge on any atom is -0.513 e. The molecule has 0 aliphatic heterocycles. The first-order valence-electron chi connectivity index (χ1n) is 5.63. The number of hydrogen-bond acceptors (Lipinski definition) is 1. The molecular weight excluding hydrogens is 160 g/mol. The smallest absolute Gasteiger partial charge is 0.0888 e. The Hall–Kier alpha value is -0.460. The Balaban J connectivity index is 2.70. The average molecular weight is 182 g/mol. The maximum absolute atomic E-state index is 9.56. The van der Waals surface area contributed by atoms with E-state index in [-0.39, 0.29) is 0 Å². The molecule has 0 heterocycles. The molecule has 0 saturated carbocycles. The Morgan fingerprint density at radius 1 is 1.31 bits per heavy atom. The van der Waals surface area contributed by atoms with E-state index in [2.05, 4.69) is 19.9 Å². The third-order valence-corrected chi connectivity index (χ3v) is 3.08. The standard InChI is InChI=1S/C12H22O/c1-3-7-12(8-4-2)9-5-6-11(13)10-12/h10,13H,3-9H2,1-2H3. The van der Waals surface area contributed by atoms with Crippen molar-refractivity contribution in [1.82, 2.24) is 0 Å². The molecule has 1 N–H and O–H groups in total. The summed E-state index contributed by atoms with van der Waals surface area (Å²) in [6, 6.07) is 0. The SMILES string of the molecule is CCCC1(CCC)C=C(O)CCC1. The molecule has 1 nitrogen and oxygen atoms in total. The minimum atomic E-state index is 0.339. The Morgan fingerprint density at radius 2 is 1.92 bits per heavy atom. The summed E-state index contributed by atoms with van der Waals surface area (Å²) in [5.41, 5.74) is 0.339. The summed E-state index contributed by atoms with van der Waals surface area (Å²) in [5.74, 6) is 0.633. The van der Waals surface area contributed by atoms with Gasteiger partial charge < -0.3 is 5.11 Å². The molecule has 0 aromatic carbocycles. The van der Waals surface area contributed by atoms with E-state index in [0.29, 0.717) is 11.2 Å². The highest BCUT2D eigenvalue weighted by molar-refractivity contribution is 5.07. The topological polar surface area (TPSA) is 20.2 Å². The van der Waals surface area contributed by atoms with Crippen molar-refractivity contribution < 1.29 is 5.11 Å². The van der Waals surface area contributed by atoms with Crippen molar-refractivity contribution in [2.45, 2.75) is 58.8 Å². The van der Waals surface area contributed by atoms with Gasteiger partial charge in [0, 0.05) is 6.42 Å². The molecule has 0 aromatic rings. The lowest BCUT2D eigenvalue weighted by atomic mass is 9.72. The molecule has 0 amide bonds. The van der Waals surface area contributed by atoms with Crippen LogP contribution in [0.3, 0.4) is 0 Å². The first-order valence-corrected chi connectivity index (χ1v) is 5.63. The fourth-order valence-corrected chi connectivity index (χ4v) is 2.63. The van der Waals surface area contributed by atoms with Crippen LogP contribution in [0, 0.1) is 5.41 Å². The Kier molecular flexibility index (Phi) is 3.83. The zero-order valence-electron chi connectivity index (χ0n) is 8.97. The second kappa shape index (κ2) is 4.69. The average Bonchev–Trinajstić information content (AvgIpc) is 2.04. The molecule has 1 heteroatoms. The van der Waals surface area contributed by atoms with Crippen LogP contribution in [0.15, 0.2) is 11.8 Å². The van der Waals surface area contributed by atoms with Crippen LogP contribution in [-0.2, 0) is 0 Å². The van der Waals surface area contributed by atoms with Crippen molar-refractivity contribution in [3.05, 3.63) is 11.8 Å². The summed E-state index contributed by atoms with van der Waals surface area (Å²) in [7, 11) is 0. The van der Waals surface area contributed by atoms with E-state index in [9.17, 15) is 5.11 Å². The van der Waals surface area contributed by atoms with Crippen molar-refractivity contribution >= 4 is 0 Å². The zero-order chi connectivity index (χ0) is 9.73. The molecule has 0 atom stereocenters. The molecule has 0 spiro atoms. The summed E-state index contributed by atoms with van der Waals surface area (Å²) < 4.78 is 0. The van der Waals surface area contributed by atoms with Gasteiger partial charge in [-0.3, -0.25) is 0 Å². The maximum Gasteiger partial charge on any atom is 0.0888 e. The lowest BCUT2D eigenvalue weighted by Crippen LogP contribution is -2.21. The zero-order valence-corrected chi connectivity index (χ0v) is 8.97. The molecule has 0 aromatic heterocycles. The highest BCUT2D eigenvalue weighted by atomic mass is 16.3. The van der Waals surface area contributed by atoms with Gasteiger partial charge in [0.1, 0.15) is 0 Å². The van der Waals surface area contributed by atoms with Gasteiger partial charge in [-0.05, 0) is 37.2 Å². The van der Waals surface area contributed by atoms with Crippen LogP contribution in [0.4, 0.5) is 0 Å². The number of hydrogen-bond donors (Lipinski definition) is 1. The van der Waals surface area contributed by atoms with Gasteiger partial charge in [0.25, 0.3) is 0 Å². The Morgan fingerprint density at radius 3 is 2.38 bits per heavy atom. The molecule has 0 fully saturated rings. The highest BCUT2D eigenvalue weighted by Crippen LogP contribution is 2.41. The quantitative estimate of drug-likeness (QED) is 0.691. The molecule has 1 aliphatic rings. The van der Waals surface area contributed by atoms with Crippen molar-refractivity contribution in [3.63, 3.8) is 0 Å². The van der Waals surface area contributed by atoms with E-state index in [0.717, 1.165) is 6.42 Å². The molecule has 0 unspecified atom stereocenters. The number of rotatable bonds is 4. The number of aliphatic hydroxyl groups excluding tert-OH is 1. The molecule has 1 rings (SSSR count). The van der Waals surface area contributed by atoms with Gasteiger partial charge in [0.2, 0.25) is 0 Å². The number of allylic oxidation sites excluding steroid dienone is 2. The van der Waals surface area contributed by atoms with Crippen LogP contribution in [-0.4, -0.2) is 5.11 Å². The lowest BCUT2D eigenvalue weighted by Gasteiger charge is -2.33. The fraction of sp³-hybridized carbons (Fsp3) is 0.833. The third kappa shape index (κ3) is 2.75. The second-order valence-corrected chi connectivity index (χ2v) is 4.35. The van der Waals surface area contributed by atoms with Gasteiger partial charge in [-0.1, -0.05) is 26.7 Å². The lowest BCUT2D eigenvalue weighted by molar-refractivity contribution is 0.236. The monoisotopic (exact) mass is 182 g/mol. The predicted octanol–water partition coefficient (Wildman–Crippen LogP) is 4.20. The molecular formula is C12H22O. The van der Waals surface area contributed by atoms with Gasteiger partial charge in [-0.25, -0.2) is 0 Å². The predicted molar refractivity (Wildman–Crippen MR) is 56.8 cm³/mol. The Bertz CT molecular complexity index is 176. The normalized spacial score (nSPS) is 21.2. The summed E-state index contributed by atoms with van der Waals surface area (Å²) >= 11 is 0. The first kappa shape index (κ1) is 10.6. The van der Waals surface area contributed by atoms with Gasteiger partial charge in [-0.15, -0.1) is 0 Å². The van der Waals surface area contributed by atoms with Crippen LogP contribution in [0.5, 0.6) is 0 Å². The fourth-order valence-electron chi connectivity index (χ4n) is 2.63. The summed E-state index contributed by atoms with van der Waals surface area (Å²) in [5, 5.41) is 9.56. The van der Waals surface area contributed by atoms with Gasteiger partial charge >= 0.3 is 0 Å². The van der Waals surface area contributed by atoms with E-state index in [1.165, 1.54) is 38.5 Å². The van der Waals surface area contributed by atoms with Crippen LogP contribution in [0.25, 0.3) is 0 Å². The maximum atomic E-state index is 9.56. The van der Waals surface area contributed by atoms with Crippen LogP contribution >= 0.6 is 0 Å². The van der Waals surface area contributed by atoms with E-state index in [1.54, 1.807) is 0 Å². The molecule has 76 valence electrons. The van der Waals surface area contributed by atoms with Gasteiger partial charge in [-0.2, -0.15) is 0 Å². The van der Waals surface area contributed by atoms with E-state index in [1.807, 2.05) is 0 Å². The third-order valence-electron chi connectivity index (χ3n) is 3.08. The first-order chi connectivity index (χ1) is 6.22. The van der Waals surface area contributed by atoms with E-state index in [4.69, 9.17) is 0 Å². The second-order valence-electron chi connectivity index (χ2n) is 4.35. The number of aliphatic hydroxyl groups is 1. The molecule has 0 radical (unpaired) electrons. The summed E-state index contributed by atoms with van der Waals surface area (Å²) in [6.07, 6.45) is 10.4. The largest absolute Gasteiger partial charge is 0.513 e. The highest BCUT2D eigenvalue weighted by Gasteiger charge is 2.28.